The van der Waals surface area contributed by atoms with E-state index < -0.39 is 0 Å². The first-order valence-corrected chi connectivity index (χ1v) is 7.88. The summed E-state index contributed by atoms with van der Waals surface area (Å²) in [4.78, 5) is 8.44. The van der Waals surface area contributed by atoms with E-state index in [-0.39, 0.29) is 0 Å². The number of hydrogen-bond donors (Lipinski definition) is 2. The van der Waals surface area contributed by atoms with Gasteiger partial charge < -0.3 is 10.7 Å². The van der Waals surface area contributed by atoms with Crippen molar-refractivity contribution in [3.05, 3.63) is 41.9 Å². The summed E-state index contributed by atoms with van der Waals surface area (Å²) in [5, 5.41) is 0. The number of imidazole rings is 1. The van der Waals surface area contributed by atoms with Gasteiger partial charge >= 0.3 is 0 Å². The van der Waals surface area contributed by atoms with Crippen molar-refractivity contribution >= 4 is 0 Å². The van der Waals surface area contributed by atoms with Crippen LogP contribution in [0.1, 0.15) is 57.5 Å². The Morgan fingerprint density at radius 1 is 1.10 bits per heavy atom. The molecule has 0 saturated carbocycles. The molecular weight excluding hydrogens is 258 g/mol. The molecule has 0 spiro atoms. The van der Waals surface area contributed by atoms with Gasteiger partial charge in [0.25, 0.3) is 0 Å². The van der Waals surface area contributed by atoms with Crippen LogP contribution in [-0.4, -0.2) is 16.5 Å². The number of nitrogens with one attached hydrogen (secondary N) is 1. The molecule has 0 bridgehead atoms. The summed E-state index contributed by atoms with van der Waals surface area (Å²) in [7, 11) is 0. The summed E-state index contributed by atoms with van der Waals surface area (Å²) < 4.78 is 0. The number of H-pyrrole nitrogens is 1. The molecule has 1 heterocycles. The van der Waals surface area contributed by atoms with Crippen molar-refractivity contribution in [3.63, 3.8) is 0 Å². The Bertz CT molecular complexity index is 555. The smallest absolute Gasteiger partial charge is 0.111 e. The average molecular weight is 285 g/mol. The van der Waals surface area contributed by atoms with Crippen LogP contribution in [0.4, 0.5) is 0 Å². The molecule has 0 radical (unpaired) electrons. The van der Waals surface area contributed by atoms with Crippen LogP contribution in [0.15, 0.2) is 30.3 Å². The Morgan fingerprint density at radius 3 is 2.29 bits per heavy atom. The lowest BCUT2D eigenvalue weighted by molar-refractivity contribution is 0.490. The highest BCUT2D eigenvalue weighted by atomic mass is 15.0. The van der Waals surface area contributed by atoms with Crippen molar-refractivity contribution in [2.24, 2.45) is 11.7 Å². The minimum Gasteiger partial charge on any atom is -0.345 e. The van der Waals surface area contributed by atoms with Gasteiger partial charge in [-0.15, -0.1) is 0 Å². The second-order valence-corrected chi connectivity index (χ2v) is 6.47. The molecule has 0 aliphatic heterocycles. The molecule has 2 aromatic rings. The Kier molecular flexibility index (Phi) is 5.18. The van der Waals surface area contributed by atoms with E-state index in [0.717, 1.165) is 17.9 Å². The first-order valence-electron chi connectivity index (χ1n) is 7.88. The number of rotatable bonds is 6. The first-order chi connectivity index (χ1) is 10.0. The average Bonchev–Trinajstić information content (AvgIpc) is 2.90. The molecule has 0 fully saturated rings. The molecule has 0 aliphatic rings. The van der Waals surface area contributed by atoms with E-state index >= 15 is 0 Å². The monoisotopic (exact) mass is 285 g/mol. The lowest BCUT2D eigenvalue weighted by Crippen LogP contribution is -2.16. The van der Waals surface area contributed by atoms with Crippen molar-refractivity contribution in [3.8, 4) is 11.3 Å². The van der Waals surface area contributed by atoms with Crippen molar-refractivity contribution in [2.45, 2.75) is 46.0 Å². The SMILES string of the molecule is CC(C)CC(CN)c1nc(-c2ccccc2)c(C(C)C)[nH]1. The summed E-state index contributed by atoms with van der Waals surface area (Å²) in [6, 6.07) is 10.4. The molecule has 1 aromatic heterocycles. The van der Waals surface area contributed by atoms with Gasteiger partial charge in [-0.1, -0.05) is 58.0 Å². The molecule has 1 atom stereocenters. The minimum atomic E-state index is 0.306. The molecule has 3 nitrogen and oxygen atoms in total. The highest BCUT2D eigenvalue weighted by Crippen LogP contribution is 2.30. The molecule has 0 saturated heterocycles. The fraction of sp³-hybridized carbons (Fsp3) is 0.500. The van der Waals surface area contributed by atoms with Gasteiger partial charge in [0, 0.05) is 23.7 Å². The molecule has 21 heavy (non-hydrogen) atoms. The zero-order valence-corrected chi connectivity index (χ0v) is 13.6. The van der Waals surface area contributed by atoms with Crippen LogP contribution in [0, 0.1) is 5.92 Å². The van der Waals surface area contributed by atoms with Gasteiger partial charge in [0.1, 0.15) is 5.82 Å². The molecular formula is C18H27N3. The van der Waals surface area contributed by atoms with Gasteiger partial charge in [-0.05, 0) is 18.3 Å². The number of aromatic nitrogens is 2. The van der Waals surface area contributed by atoms with E-state index in [4.69, 9.17) is 10.7 Å². The maximum absolute atomic E-state index is 5.97. The molecule has 1 unspecified atom stereocenters. The fourth-order valence-corrected chi connectivity index (χ4v) is 2.72. The zero-order valence-electron chi connectivity index (χ0n) is 13.6. The molecule has 1 aromatic carbocycles. The van der Waals surface area contributed by atoms with Crippen molar-refractivity contribution in [1.29, 1.82) is 0 Å². The van der Waals surface area contributed by atoms with Crippen molar-refractivity contribution in [1.82, 2.24) is 9.97 Å². The lowest BCUT2D eigenvalue weighted by atomic mass is 9.97. The van der Waals surface area contributed by atoms with Gasteiger partial charge in [-0.25, -0.2) is 4.98 Å². The number of benzene rings is 1. The van der Waals surface area contributed by atoms with E-state index in [1.54, 1.807) is 0 Å². The first kappa shape index (κ1) is 15.8. The molecule has 0 amide bonds. The molecule has 3 N–H and O–H groups in total. The normalized spacial score (nSPS) is 13.1. The maximum atomic E-state index is 5.97. The Labute approximate surface area is 128 Å². The molecule has 3 heteroatoms. The van der Waals surface area contributed by atoms with Gasteiger partial charge in [0.15, 0.2) is 0 Å². The quantitative estimate of drug-likeness (QED) is 0.832. The van der Waals surface area contributed by atoms with E-state index in [2.05, 4.69) is 56.9 Å². The third-order valence-electron chi connectivity index (χ3n) is 3.80. The van der Waals surface area contributed by atoms with Crippen LogP contribution in [0.2, 0.25) is 0 Å². The van der Waals surface area contributed by atoms with Gasteiger partial charge in [-0.2, -0.15) is 0 Å². The minimum absolute atomic E-state index is 0.306. The lowest BCUT2D eigenvalue weighted by Gasteiger charge is -2.14. The topological polar surface area (TPSA) is 54.7 Å². The highest BCUT2D eigenvalue weighted by molar-refractivity contribution is 5.62. The van der Waals surface area contributed by atoms with Crippen LogP contribution >= 0.6 is 0 Å². The zero-order chi connectivity index (χ0) is 15.4. The van der Waals surface area contributed by atoms with Crippen LogP contribution < -0.4 is 5.73 Å². The standard InChI is InChI=1S/C18H27N3/c1-12(2)10-15(11-19)18-20-16(13(3)4)17(21-18)14-8-6-5-7-9-14/h5-9,12-13,15H,10-11,19H2,1-4H3,(H,20,21). The number of aromatic amines is 1. The number of nitrogens with two attached hydrogens (primary N) is 1. The largest absolute Gasteiger partial charge is 0.345 e. The number of hydrogen-bond acceptors (Lipinski definition) is 2. The van der Waals surface area contributed by atoms with Gasteiger partial charge in [0.05, 0.1) is 5.69 Å². The molecule has 0 aliphatic carbocycles. The summed E-state index contributed by atoms with van der Waals surface area (Å²) in [5.74, 6) is 2.37. The third kappa shape index (κ3) is 3.73. The third-order valence-corrected chi connectivity index (χ3v) is 3.80. The summed E-state index contributed by atoms with van der Waals surface area (Å²) in [5.41, 5.74) is 9.42. The second kappa shape index (κ2) is 6.90. The van der Waals surface area contributed by atoms with Crippen LogP contribution in [0.3, 0.4) is 0 Å². The Balaban J connectivity index is 2.42. The van der Waals surface area contributed by atoms with E-state index in [1.165, 1.54) is 11.3 Å². The van der Waals surface area contributed by atoms with Crippen LogP contribution in [0.5, 0.6) is 0 Å². The Morgan fingerprint density at radius 2 is 1.76 bits per heavy atom. The van der Waals surface area contributed by atoms with Gasteiger partial charge in [0.2, 0.25) is 0 Å². The highest BCUT2D eigenvalue weighted by Gasteiger charge is 2.20. The maximum Gasteiger partial charge on any atom is 0.111 e. The van der Waals surface area contributed by atoms with Gasteiger partial charge in [-0.3, -0.25) is 0 Å². The fourth-order valence-electron chi connectivity index (χ4n) is 2.72. The van der Waals surface area contributed by atoms with E-state index in [1.807, 2.05) is 6.07 Å². The van der Waals surface area contributed by atoms with Crippen LogP contribution in [-0.2, 0) is 0 Å². The predicted octanol–water partition coefficient (Wildman–Crippen LogP) is 4.29. The molecule has 114 valence electrons. The predicted molar refractivity (Wildman–Crippen MR) is 89.4 cm³/mol. The summed E-state index contributed by atoms with van der Waals surface area (Å²) in [6.45, 7) is 9.49. The van der Waals surface area contributed by atoms with E-state index in [9.17, 15) is 0 Å². The van der Waals surface area contributed by atoms with Crippen LogP contribution in [0.25, 0.3) is 11.3 Å². The van der Waals surface area contributed by atoms with Crippen molar-refractivity contribution in [2.75, 3.05) is 6.54 Å². The number of nitrogens with zero attached hydrogens (tertiary/aromatic N) is 1. The second-order valence-electron chi connectivity index (χ2n) is 6.47. The van der Waals surface area contributed by atoms with E-state index in [0.29, 0.717) is 24.3 Å². The van der Waals surface area contributed by atoms with Crippen molar-refractivity contribution < 1.29 is 0 Å². The molecule has 2 rings (SSSR count). The summed E-state index contributed by atoms with van der Waals surface area (Å²) in [6.07, 6.45) is 1.07. The Hall–Kier alpha value is -1.61. The summed E-state index contributed by atoms with van der Waals surface area (Å²) >= 11 is 0.